The summed E-state index contributed by atoms with van der Waals surface area (Å²) in [4.78, 5) is 50.4. The van der Waals surface area contributed by atoms with Crippen molar-refractivity contribution in [3.8, 4) is 5.75 Å². The highest BCUT2D eigenvalue weighted by atomic mass is 35.5. The van der Waals surface area contributed by atoms with Gasteiger partial charge in [-0.05, 0) is 24.3 Å². The van der Waals surface area contributed by atoms with Crippen LogP contribution in [0.5, 0.6) is 5.75 Å². The monoisotopic (exact) mass is 486 g/mol. The molecule has 0 aromatic heterocycles. The lowest BCUT2D eigenvalue weighted by molar-refractivity contribution is -0.385. The molecule has 3 amide bonds. The third kappa shape index (κ3) is 4.85. The Kier molecular flexibility index (Phi) is 6.75. The first-order valence-electron chi connectivity index (χ1n) is 10.2. The number of hydrogen-bond acceptors (Lipinski definition) is 7. The molecule has 2 heterocycles. The third-order valence-electron chi connectivity index (χ3n) is 5.17. The zero-order chi connectivity index (χ0) is 24.2. The summed E-state index contributed by atoms with van der Waals surface area (Å²) in [5.41, 5.74) is 2.13. The predicted molar refractivity (Wildman–Crippen MR) is 121 cm³/mol. The normalized spacial score (nSPS) is 17.1. The van der Waals surface area contributed by atoms with Gasteiger partial charge in [-0.25, -0.2) is 5.01 Å². The number of benzene rings is 2. The minimum atomic E-state index is -0.713. The number of nitrogens with one attached hydrogen (secondary N) is 1. The standard InChI is InChI=1S/C22H19ClN4O7/c23-15-10-14(11-17-21(29)24-26(22(17)30)16-4-2-1-3-5-16)20(18(12-15)27(31)32)34-13-19(28)25-6-8-33-9-7-25/h1-5,10-12H,6-9,13H2,(H,24,29)/b17-11-. The van der Waals surface area contributed by atoms with Gasteiger partial charge in [0.2, 0.25) is 5.75 Å². The van der Waals surface area contributed by atoms with Crippen LogP contribution in [0.3, 0.4) is 0 Å². The number of rotatable bonds is 6. The first kappa shape index (κ1) is 23.2. The molecular weight excluding hydrogens is 468 g/mol. The van der Waals surface area contributed by atoms with E-state index in [4.69, 9.17) is 21.1 Å². The van der Waals surface area contributed by atoms with Gasteiger partial charge in [0.15, 0.2) is 6.61 Å². The van der Waals surface area contributed by atoms with Crippen molar-refractivity contribution in [3.63, 3.8) is 0 Å². The van der Waals surface area contributed by atoms with Crippen LogP contribution >= 0.6 is 11.6 Å². The number of nitro groups is 1. The van der Waals surface area contributed by atoms with E-state index in [0.29, 0.717) is 32.0 Å². The van der Waals surface area contributed by atoms with Crippen LogP contribution in [0.25, 0.3) is 6.08 Å². The molecule has 2 aromatic rings. The van der Waals surface area contributed by atoms with E-state index in [1.807, 2.05) is 0 Å². The summed E-state index contributed by atoms with van der Waals surface area (Å²) in [6.45, 7) is 1.06. The number of ether oxygens (including phenoxy) is 2. The molecule has 2 fully saturated rings. The van der Waals surface area contributed by atoms with Crippen LogP contribution in [0, 0.1) is 10.1 Å². The molecule has 0 spiro atoms. The summed E-state index contributed by atoms with van der Waals surface area (Å²) in [7, 11) is 0. The highest BCUT2D eigenvalue weighted by molar-refractivity contribution is 6.32. The Labute approximate surface area is 198 Å². The van der Waals surface area contributed by atoms with Crippen molar-refractivity contribution in [1.82, 2.24) is 10.3 Å². The SMILES string of the molecule is O=C1NN(c2ccccc2)C(=O)/C1=C\c1cc(Cl)cc([N+](=O)[O-])c1OCC(=O)N1CCOCC1. The van der Waals surface area contributed by atoms with Crippen LogP contribution < -0.4 is 15.2 Å². The van der Waals surface area contributed by atoms with Crippen LogP contribution in [-0.4, -0.2) is 60.5 Å². The van der Waals surface area contributed by atoms with Gasteiger partial charge in [-0.15, -0.1) is 0 Å². The van der Waals surface area contributed by atoms with Gasteiger partial charge in [-0.3, -0.25) is 29.9 Å². The molecule has 0 saturated carbocycles. The predicted octanol–water partition coefficient (Wildman–Crippen LogP) is 1.95. The van der Waals surface area contributed by atoms with Crippen molar-refractivity contribution in [3.05, 3.63) is 68.7 Å². The second-order valence-corrected chi connectivity index (χ2v) is 7.79. The Morgan fingerprint density at radius 1 is 1.21 bits per heavy atom. The van der Waals surface area contributed by atoms with Gasteiger partial charge < -0.3 is 14.4 Å². The summed E-state index contributed by atoms with van der Waals surface area (Å²) in [5.74, 6) is -2.01. The molecule has 1 N–H and O–H groups in total. The number of carbonyl (C=O) groups excluding carboxylic acids is 3. The third-order valence-corrected chi connectivity index (χ3v) is 5.39. The molecule has 12 heteroatoms. The van der Waals surface area contributed by atoms with E-state index < -0.39 is 29.0 Å². The fraction of sp³-hybridized carbons (Fsp3) is 0.227. The van der Waals surface area contributed by atoms with Gasteiger partial charge in [0.05, 0.1) is 23.8 Å². The van der Waals surface area contributed by atoms with Gasteiger partial charge in [0, 0.05) is 29.7 Å². The van der Waals surface area contributed by atoms with E-state index in [9.17, 15) is 24.5 Å². The maximum Gasteiger partial charge on any atom is 0.313 e. The molecule has 4 rings (SSSR count). The molecular formula is C22H19ClN4O7. The van der Waals surface area contributed by atoms with Gasteiger partial charge >= 0.3 is 5.69 Å². The Hall–Kier alpha value is -3.96. The number of carbonyl (C=O) groups is 3. The fourth-order valence-electron chi connectivity index (χ4n) is 3.51. The molecule has 34 heavy (non-hydrogen) atoms. The summed E-state index contributed by atoms with van der Waals surface area (Å²) in [5, 5.41) is 12.7. The zero-order valence-corrected chi connectivity index (χ0v) is 18.5. The van der Waals surface area contributed by atoms with Crippen LogP contribution in [-0.2, 0) is 19.1 Å². The number of anilines is 1. The second kappa shape index (κ2) is 9.89. The molecule has 0 aliphatic carbocycles. The molecule has 176 valence electrons. The number of nitrogens with zero attached hydrogens (tertiary/aromatic N) is 3. The number of hydrazine groups is 1. The molecule has 2 aromatic carbocycles. The van der Waals surface area contributed by atoms with E-state index in [1.165, 1.54) is 11.0 Å². The molecule has 0 radical (unpaired) electrons. The van der Waals surface area contributed by atoms with Crippen LogP contribution in [0.2, 0.25) is 5.02 Å². The van der Waals surface area contributed by atoms with Crippen molar-refractivity contribution >= 4 is 46.8 Å². The van der Waals surface area contributed by atoms with Gasteiger partial charge in [-0.2, -0.15) is 0 Å². The Bertz CT molecular complexity index is 1180. The average Bonchev–Trinajstić information content (AvgIpc) is 3.12. The van der Waals surface area contributed by atoms with E-state index in [1.54, 1.807) is 30.3 Å². The Balaban J connectivity index is 1.66. The summed E-state index contributed by atoms with van der Waals surface area (Å²) in [6, 6.07) is 10.8. The van der Waals surface area contributed by atoms with Crippen molar-refractivity contribution in [1.29, 1.82) is 0 Å². The zero-order valence-electron chi connectivity index (χ0n) is 17.7. The lowest BCUT2D eigenvalue weighted by Crippen LogP contribution is -2.43. The van der Waals surface area contributed by atoms with Gasteiger partial charge in [0.25, 0.3) is 17.7 Å². The van der Waals surface area contributed by atoms with Crippen LogP contribution in [0.4, 0.5) is 11.4 Å². The maximum atomic E-state index is 12.9. The van der Waals surface area contributed by atoms with Crippen molar-refractivity contribution in [2.24, 2.45) is 0 Å². The van der Waals surface area contributed by atoms with Gasteiger partial charge in [0.1, 0.15) is 5.57 Å². The molecule has 0 bridgehead atoms. The van der Waals surface area contributed by atoms with E-state index in [-0.39, 0.29) is 27.8 Å². The molecule has 2 saturated heterocycles. The van der Waals surface area contributed by atoms with Gasteiger partial charge in [-0.1, -0.05) is 29.8 Å². The highest BCUT2D eigenvalue weighted by Gasteiger charge is 2.35. The van der Waals surface area contributed by atoms with Crippen LogP contribution in [0.1, 0.15) is 5.56 Å². The number of amides is 3. The largest absolute Gasteiger partial charge is 0.476 e. The topological polar surface area (TPSA) is 131 Å². The van der Waals surface area contributed by atoms with E-state index in [0.717, 1.165) is 17.2 Å². The first-order chi connectivity index (χ1) is 16.3. The van der Waals surface area contributed by atoms with Crippen molar-refractivity contribution < 1.29 is 28.8 Å². The quantitative estimate of drug-likeness (QED) is 0.285. The summed E-state index contributed by atoms with van der Waals surface area (Å²) in [6.07, 6.45) is 1.16. The lowest BCUT2D eigenvalue weighted by Gasteiger charge is -2.26. The molecule has 0 unspecified atom stereocenters. The highest BCUT2D eigenvalue weighted by Crippen LogP contribution is 2.36. The maximum absolute atomic E-state index is 12.9. The van der Waals surface area contributed by atoms with Crippen molar-refractivity contribution in [2.45, 2.75) is 0 Å². The number of nitro benzene ring substituents is 1. The number of para-hydroxylation sites is 1. The number of hydrogen-bond donors (Lipinski definition) is 1. The summed E-state index contributed by atoms with van der Waals surface area (Å²) >= 11 is 6.06. The Morgan fingerprint density at radius 3 is 2.59 bits per heavy atom. The molecule has 11 nitrogen and oxygen atoms in total. The fourth-order valence-corrected chi connectivity index (χ4v) is 3.73. The number of morpholine rings is 1. The minimum Gasteiger partial charge on any atom is -0.476 e. The number of halogens is 1. The lowest BCUT2D eigenvalue weighted by atomic mass is 10.1. The van der Waals surface area contributed by atoms with Crippen LogP contribution in [0.15, 0.2) is 48.0 Å². The average molecular weight is 487 g/mol. The molecule has 0 atom stereocenters. The first-order valence-corrected chi connectivity index (χ1v) is 10.6. The smallest absolute Gasteiger partial charge is 0.313 e. The summed E-state index contributed by atoms with van der Waals surface area (Å²) < 4.78 is 10.8. The molecule has 2 aliphatic heterocycles. The second-order valence-electron chi connectivity index (χ2n) is 7.36. The van der Waals surface area contributed by atoms with E-state index >= 15 is 0 Å². The molecule has 2 aliphatic rings. The van der Waals surface area contributed by atoms with Crippen molar-refractivity contribution in [2.75, 3.05) is 37.9 Å². The Morgan fingerprint density at radius 2 is 1.91 bits per heavy atom. The minimum absolute atomic E-state index is 0.00354. The van der Waals surface area contributed by atoms with E-state index in [2.05, 4.69) is 5.43 Å².